The maximum Gasteiger partial charge on any atom is 0.0650 e. The summed E-state index contributed by atoms with van der Waals surface area (Å²) in [7, 11) is 0. The largest absolute Gasteiger partial charge is 0.377 e. The topological polar surface area (TPSA) is 9.23 Å². The summed E-state index contributed by atoms with van der Waals surface area (Å²) in [5.74, 6) is 0. The van der Waals surface area contributed by atoms with Crippen LogP contribution < -0.4 is 0 Å². The van der Waals surface area contributed by atoms with Gasteiger partial charge in [0.15, 0.2) is 0 Å². The zero-order valence-electron chi connectivity index (χ0n) is 12.2. The van der Waals surface area contributed by atoms with Crippen molar-refractivity contribution in [2.45, 2.75) is 40.5 Å². The van der Waals surface area contributed by atoms with Crippen LogP contribution in [-0.2, 0) is 11.2 Å². The summed E-state index contributed by atoms with van der Waals surface area (Å²) in [6.07, 6.45) is 4.39. The number of hydrogen-bond donors (Lipinski definition) is 0. The predicted octanol–water partition coefficient (Wildman–Crippen LogP) is 4.63. The molecule has 0 atom stereocenters. The quantitative estimate of drug-likeness (QED) is 0.525. The fourth-order valence-electron chi connectivity index (χ4n) is 1.60. The van der Waals surface area contributed by atoms with E-state index in [1.807, 2.05) is 0 Å². The molecule has 0 saturated heterocycles. The number of hydrogen-bond acceptors (Lipinski definition) is 1. The van der Waals surface area contributed by atoms with Crippen LogP contribution in [0.15, 0.2) is 42.0 Å². The van der Waals surface area contributed by atoms with Crippen LogP contribution >= 0.6 is 0 Å². The zero-order chi connectivity index (χ0) is 13.4. The highest BCUT2D eigenvalue weighted by Crippen LogP contribution is 2.23. The number of aryl methyl sites for hydroxylation is 1. The molecule has 0 heterocycles. The Morgan fingerprint density at radius 3 is 2.44 bits per heavy atom. The van der Waals surface area contributed by atoms with Crippen molar-refractivity contribution in [1.82, 2.24) is 0 Å². The molecular formula is C17H26O. The fraction of sp³-hybridized carbons (Fsp3) is 0.529. The maximum atomic E-state index is 5.64. The molecule has 0 bridgehead atoms. The van der Waals surface area contributed by atoms with Gasteiger partial charge >= 0.3 is 0 Å². The Hall–Kier alpha value is -1.08. The van der Waals surface area contributed by atoms with Crippen molar-refractivity contribution < 1.29 is 4.74 Å². The summed E-state index contributed by atoms with van der Waals surface area (Å²) >= 11 is 0. The third-order valence-corrected chi connectivity index (χ3v) is 3.29. The van der Waals surface area contributed by atoms with Crippen molar-refractivity contribution in [3.05, 3.63) is 47.5 Å². The van der Waals surface area contributed by atoms with Gasteiger partial charge in [0, 0.05) is 6.61 Å². The molecule has 1 heteroatoms. The van der Waals surface area contributed by atoms with Gasteiger partial charge in [-0.05, 0) is 30.7 Å². The zero-order valence-corrected chi connectivity index (χ0v) is 12.2. The van der Waals surface area contributed by atoms with Crippen LogP contribution in [0.1, 0.15) is 39.7 Å². The molecule has 1 rings (SSSR count). The average molecular weight is 246 g/mol. The van der Waals surface area contributed by atoms with Crippen LogP contribution in [0, 0.1) is 5.41 Å². The molecule has 1 nitrogen and oxygen atoms in total. The lowest BCUT2D eigenvalue weighted by atomic mass is 9.87. The molecule has 0 saturated carbocycles. The van der Waals surface area contributed by atoms with Crippen molar-refractivity contribution in [2.75, 3.05) is 13.2 Å². The normalized spacial score (nSPS) is 12.8. The van der Waals surface area contributed by atoms with Gasteiger partial charge in [0.05, 0.1) is 6.61 Å². The van der Waals surface area contributed by atoms with Crippen LogP contribution in [0.5, 0.6) is 0 Å². The minimum absolute atomic E-state index is 0.257. The molecule has 0 aliphatic rings. The van der Waals surface area contributed by atoms with Gasteiger partial charge in [-0.3, -0.25) is 0 Å². The minimum Gasteiger partial charge on any atom is -0.377 e. The van der Waals surface area contributed by atoms with E-state index in [0.717, 1.165) is 26.1 Å². The van der Waals surface area contributed by atoms with E-state index in [-0.39, 0.29) is 5.41 Å². The Balaban J connectivity index is 2.13. The molecule has 0 radical (unpaired) electrons. The van der Waals surface area contributed by atoms with Crippen molar-refractivity contribution in [2.24, 2.45) is 5.41 Å². The van der Waals surface area contributed by atoms with E-state index in [1.54, 1.807) is 0 Å². The molecular weight excluding hydrogens is 220 g/mol. The first-order valence-electron chi connectivity index (χ1n) is 6.79. The second kappa shape index (κ2) is 7.38. The summed E-state index contributed by atoms with van der Waals surface area (Å²) in [6, 6.07) is 10.6. The van der Waals surface area contributed by atoms with Crippen molar-refractivity contribution in [3.63, 3.8) is 0 Å². The molecule has 100 valence electrons. The molecule has 0 N–H and O–H groups in total. The Morgan fingerprint density at radius 1 is 1.17 bits per heavy atom. The monoisotopic (exact) mass is 246 g/mol. The second-order valence-electron chi connectivity index (χ2n) is 5.80. The molecule has 0 fully saturated rings. The summed E-state index contributed by atoms with van der Waals surface area (Å²) in [4.78, 5) is 0. The van der Waals surface area contributed by atoms with E-state index >= 15 is 0 Å². The van der Waals surface area contributed by atoms with Gasteiger partial charge in [0.25, 0.3) is 0 Å². The van der Waals surface area contributed by atoms with E-state index in [4.69, 9.17) is 4.74 Å². The van der Waals surface area contributed by atoms with Crippen LogP contribution in [0.2, 0.25) is 0 Å². The first-order valence-corrected chi connectivity index (χ1v) is 6.79. The van der Waals surface area contributed by atoms with E-state index < -0.39 is 0 Å². The lowest BCUT2D eigenvalue weighted by Gasteiger charge is -2.19. The van der Waals surface area contributed by atoms with Crippen LogP contribution in [-0.4, -0.2) is 13.2 Å². The molecule has 0 unspecified atom stereocenters. The van der Waals surface area contributed by atoms with E-state index in [9.17, 15) is 0 Å². The highest BCUT2D eigenvalue weighted by atomic mass is 16.5. The average Bonchev–Trinajstić information content (AvgIpc) is 2.33. The van der Waals surface area contributed by atoms with Crippen molar-refractivity contribution >= 4 is 0 Å². The SMILES string of the molecule is C/C(=C\COCCCc1ccccc1)C(C)(C)C. The van der Waals surface area contributed by atoms with Gasteiger partial charge in [0.2, 0.25) is 0 Å². The lowest BCUT2D eigenvalue weighted by molar-refractivity contribution is 0.158. The third-order valence-electron chi connectivity index (χ3n) is 3.29. The second-order valence-corrected chi connectivity index (χ2v) is 5.80. The summed E-state index contributed by atoms with van der Waals surface area (Å²) in [6.45, 7) is 10.4. The smallest absolute Gasteiger partial charge is 0.0650 e. The first-order chi connectivity index (χ1) is 8.50. The van der Waals surface area contributed by atoms with Gasteiger partial charge in [0.1, 0.15) is 0 Å². The van der Waals surface area contributed by atoms with Gasteiger partial charge in [-0.15, -0.1) is 0 Å². The first kappa shape index (κ1) is 15.0. The molecule has 0 amide bonds. The fourth-order valence-corrected chi connectivity index (χ4v) is 1.60. The number of ether oxygens (including phenoxy) is 1. The highest BCUT2D eigenvalue weighted by Gasteiger charge is 2.11. The van der Waals surface area contributed by atoms with Gasteiger partial charge in [-0.25, -0.2) is 0 Å². The molecule has 0 aliphatic carbocycles. The van der Waals surface area contributed by atoms with Crippen LogP contribution in [0.25, 0.3) is 0 Å². The van der Waals surface area contributed by atoms with E-state index in [2.05, 4.69) is 64.1 Å². The molecule has 18 heavy (non-hydrogen) atoms. The van der Waals surface area contributed by atoms with E-state index in [1.165, 1.54) is 11.1 Å². The molecule has 1 aromatic rings. The Morgan fingerprint density at radius 2 is 1.83 bits per heavy atom. The summed E-state index contributed by atoms with van der Waals surface area (Å²) < 4.78 is 5.64. The predicted molar refractivity (Wildman–Crippen MR) is 78.8 cm³/mol. The van der Waals surface area contributed by atoms with Crippen LogP contribution in [0.4, 0.5) is 0 Å². The minimum atomic E-state index is 0.257. The van der Waals surface area contributed by atoms with Crippen molar-refractivity contribution in [3.8, 4) is 0 Å². The maximum absolute atomic E-state index is 5.64. The standard InChI is InChI=1S/C17H26O/c1-15(17(2,3)4)12-14-18-13-8-11-16-9-6-5-7-10-16/h5-7,9-10,12H,8,11,13-14H2,1-4H3/b15-12+. The Labute approximate surface area is 112 Å². The molecule has 0 aromatic heterocycles. The molecule has 0 spiro atoms. The van der Waals surface area contributed by atoms with Gasteiger partial charge in [-0.2, -0.15) is 0 Å². The summed E-state index contributed by atoms with van der Waals surface area (Å²) in [5, 5.41) is 0. The Kier molecular flexibility index (Phi) is 6.14. The molecule has 0 aliphatic heterocycles. The van der Waals surface area contributed by atoms with Gasteiger partial charge in [-0.1, -0.05) is 62.8 Å². The lowest BCUT2D eigenvalue weighted by Crippen LogP contribution is -2.07. The Bertz CT molecular complexity index is 357. The third kappa shape index (κ3) is 6.02. The van der Waals surface area contributed by atoms with Gasteiger partial charge < -0.3 is 4.74 Å². The van der Waals surface area contributed by atoms with Crippen molar-refractivity contribution in [1.29, 1.82) is 0 Å². The summed E-state index contributed by atoms with van der Waals surface area (Å²) in [5.41, 5.74) is 3.04. The number of allylic oxidation sites excluding steroid dienone is 1. The number of rotatable bonds is 6. The molecule has 1 aromatic carbocycles. The van der Waals surface area contributed by atoms with Crippen LogP contribution in [0.3, 0.4) is 0 Å². The highest BCUT2D eigenvalue weighted by molar-refractivity contribution is 5.14. The number of benzene rings is 1. The van der Waals surface area contributed by atoms with E-state index in [0.29, 0.717) is 0 Å².